The summed E-state index contributed by atoms with van der Waals surface area (Å²) in [5.41, 5.74) is 11.4. The number of rotatable bonds is 4. The number of nitriles is 2. The molecule has 0 bridgehead atoms. The first-order valence-electron chi connectivity index (χ1n) is 15.9. The summed E-state index contributed by atoms with van der Waals surface area (Å²) in [7, 11) is 0. The van der Waals surface area contributed by atoms with Crippen LogP contribution < -0.4 is 0 Å². The second-order valence-electron chi connectivity index (χ2n) is 12.0. The van der Waals surface area contributed by atoms with Gasteiger partial charge in [0.05, 0.1) is 50.6 Å². The molecule has 2 aromatic heterocycles. The maximum absolute atomic E-state index is 10.7. The van der Waals surface area contributed by atoms with Gasteiger partial charge in [0, 0.05) is 32.7 Å². The zero-order chi connectivity index (χ0) is 32.2. The molecule has 7 aromatic carbocycles. The number of nitrogens with zero attached hydrogens (tertiary/aromatic N) is 4. The van der Waals surface area contributed by atoms with E-state index in [2.05, 4.69) is 130 Å². The summed E-state index contributed by atoms with van der Waals surface area (Å²) in [6.07, 6.45) is 0. The monoisotopic (exact) mass is 610 g/mol. The van der Waals surface area contributed by atoms with Gasteiger partial charge in [0.25, 0.3) is 0 Å². The maximum atomic E-state index is 10.7. The fourth-order valence-electron chi connectivity index (χ4n) is 7.34. The van der Waals surface area contributed by atoms with Crippen molar-refractivity contribution >= 4 is 43.6 Å². The number of hydrogen-bond acceptors (Lipinski definition) is 2. The summed E-state index contributed by atoms with van der Waals surface area (Å²) < 4.78 is 4.50. The van der Waals surface area contributed by atoms with E-state index in [0.717, 1.165) is 66.5 Å². The molecule has 0 saturated heterocycles. The molecule has 48 heavy (non-hydrogen) atoms. The van der Waals surface area contributed by atoms with Crippen molar-refractivity contribution in [1.82, 2.24) is 9.13 Å². The molecule has 4 heteroatoms. The van der Waals surface area contributed by atoms with E-state index in [9.17, 15) is 10.5 Å². The largest absolute Gasteiger partial charge is 0.309 e. The average molecular weight is 611 g/mol. The molecule has 0 aliphatic heterocycles. The van der Waals surface area contributed by atoms with E-state index in [1.807, 2.05) is 48.5 Å². The van der Waals surface area contributed by atoms with Crippen LogP contribution >= 0.6 is 0 Å². The third-order valence-corrected chi connectivity index (χ3v) is 9.41. The van der Waals surface area contributed by atoms with E-state index in [4.69, 9.17) is 0 Å². The highest BCUT2D eigenvalue weighted by Crippen LogP contribution is 2.39. The highest BCUT2D eigenvalue weighted by molar-refractivity contribution is 6.11. The first kappa shape index (κ1) is 27.4. The van der Waals surface area contributed by atoms with Gasteiger partial charge in [-0.05, 0) is 65.7 Å². The summed E-state index contributed by atoms with van der Waals surface area (Å²) in [5, 5.41) is 24.8. The number of hydrogen-bond donors (Lipinski definition) is 0. The Hall–Kier alpha value is -6.88. The zero-order valence-corrected chi connectivity index (χ0v) is 25.8. The number of aromatic nitrogens is 2. The molecule has 0 atom stereocenters. The van der Waals surface area contributed by atoms with E-state index >= 15 is 0 Å². The summed E-state index contributed by atoms with van der Waals surface area (Å²) >= 11 is 0. The summed E-state index contributed by atoms with van der Waals surface area (Å²) in [6, 6.07) is 59.0. The molecule has 0 spiro atoms. The third-order valence-electron chi connectivity index (χ3n) is 9.41. The van der Waals surface area contributed by atoms with Crippen LogP contribution in [0.1, 0.15) is 11.1 Å². The molecule has 0 aliphatic rings. The molecule has 222 valence electrons. The molecule has 4 nitrogen and oxygen atoms in total. The first-order valence-corrected chi connectivity index (χ1v) is 15.9. The Morgan fingerprint density at radius 3 is 1.54 bits per heavy atom. The summed E-state index contributed by atoms with van der Waals surface area (Å²) in [6.45, 7) is 0. The quantitative estimate of drug-likeness (QED) is 0.199. The minimum Gasteiger partial charge on any atom is -0.309 e. The van der Waals surface area contributed by atoms with E-state index < -0.39 is 0 Å². The Bertz CT molecular complexity index is 2760. The van der Waals surface area contributed by atoms with E-state index in [-0.39, 0.29) is 0 Å². The van der Waals surface area contributed by atoms with Crippen LogP contribution in [-0.2, 0) is 0 Å². The van der Waals surface area contributed by atoms with Crippen LogP contribution in [0.2, 0.25) is 0 Å². The Morgan fingerprint density at radius 2 is 0.875 bits per heavy atom. The lowest BCUT2D eigenvalue weighted by atomic mass is 9.94. The van der Waals surface area contributed by atoms with Crippen LogP contribution in [0.5, 0.6) is 0 Å². The van der Waals surface area contributed by atoms with Gasteiger partial charge in [-0.2, -0.15) is 10.5 Å². The minimum absolute atomic E-state index is 0.595. The molecule has 0 saturated carbocycles. The molecule has 0 amide bonds. The average Bonchev–Trinajstić information content (AvgIpc) is 3.67. The lowest BCUT2D eigenvalue weighted by Gasteiger charge is -2.16. The lowest BCUT2D eigenvalue weighted by Crippen LogP contribution is -2.00. The van der Waals surface area contributed by atoms with Gasteiger partial charge in [0.2, 0.25) is 0 Å². The zero-order valence-electron chi connectivity index (χ0n) is 25.8. The molecular weight excluding hydrogens is 585 g/mol. The van der Waals surface area contributed by atoms with Gasteiger partial charge < -0.3 is 9.13 Å². The van der Waals surface area contributed by atoms with Gasteiger partial charge in [-0.1, -0.05) is 103 Å². The second-order valence-corrected chi connectivity index (χ2v) is 12.0. The van der Waals surface area contributed by atoms with Crippen LogP contribution in [-0.4, -0.2) is 9.13 Å². The molecule has 9 rings (SSSR count). The van der Waals surface area contributed by atoms with Crippen LogP contribution in [0.3, 0.4) is 0 Å². The predicted octanol–water partition coefficient (Wildman–Crippen LogP) is 11.0. The SMILES string of the molecule is N#Cc1ccc2c(c1)c1ccccc1n2-c1cccc(-c2cccc(-c3ccccc3-n3c4ccccc4c4ccccc43)c2)c1C#N. The maximum Gasteiger partial charge on any atom is 0.102 e. The molecule has 0 radical (unpaired) electrons. The van der Waals surface area contributed by atoms with Crippen molar-refractivity contribution in [3.63, 3.8) is 0 Å². The van der Waals surface area contributed by atoms with Crippen molar-refractivity contribution < 1.29 is 0 Å². The molecule has 0 N–H and O–H groups in total. The van der Waals surface area contributed by atoms with Gasteiger partial charge in [0.15, 0.2) is 0 Å². The summed E-state index contributed by atoms with van der Waals surface area (Å²) in [4.78, 5) is 0. The van der Waals surface area contributed by atoms with Crippen molar-refractivity contribution in [3.8, 4) is 45.8 Å². The van der Waals surface area contributed by atoms with E-state index in [0.29, 0.717) is 11.1 Å². The molecule has 0 fully saturated rings. The van der Waals surface area contributed by atoms with Crippen molar-refractivity contribution in [3.05, 3.63) is 169 Å². The van der Waals surface area contributed by atoms with E-state index in [1.165, 1.54) is 10.8 Å². The van der Waals surface area contributed by atoms with Crippen molar-refractivity contribution in [2.24, 2.45) is 0 Å². The summed E-state index contributed by atoms with van der Waals surface area (Å²) in [5.74, 6) is 0. The van der Waals surface area contributed by atoms with Crippen LogP contribution in [0, 0.1) is 22.7 Å². The van der Waals surface area contributed by atoms with Crippen LogP contribution in [0.4, 0.5) is 0 Å². The van der Waals surface area contributed by atoms with Crippen molar-refractivity contribution in [1.29, 1.82) is 10.5 Å². The van der Waals surface area contributed by atoms with Crippen LogP contribution in [0.15, 0.2) is 158 Å². The molecule has 0 aliphatic carbocycles. The van der Waals surface area contributed by atoms with Crippen LogP contribution in [0.25, 0.3) is 77.2 Å². The van der Waals surface area contributed by atoms with Crippen molar-refractivity contribution in [2.45, 2.75) is 0 Å². The lowest BCUT2D eigenvalue weighted by molar-refractivity contribution is 1.17. The number of benzene rings is 7. The van der Waals surface area contributed by atoms with Gasteiger partial charge in [0.1, 0.15) is 6.07 Å². The highest BCUT2D eigenvalue weighted by atomic mass is 15.0. The normalized spacial score (nSPS) is 11.3. The predicted molar refractivity (Wildman–Crippen MR) is 195 cm³/mol. The number of fused-ring (bicyclic) bond motifs is 6. The topological polar surface area (TPSA) is 57.4 Å². The van der Waals surface area contributed by atoms with Gasteiger partial charge in [-0.15, -0.1) is 0 Å². The second kappa shape index (κ2) is 10.9. The smallest absolute Gasteiger partial charge is 0.102 e. The van der Waals surface area contributed by atoms with Gasteiger partial charge in [-0.25, -0.2) is 0 Å². The highest BCUT2D eigenvalue weighted by Gasteiger charge is 2.19. The number of para-hydroxylation sites is 4. The fraction of sp³-hybridized carbons (Fsp3) is 0. The molecular formula is C44H26N4. The standard InChI is InChI=1S/C44H26N4/c45-27-29-23-24-44-37(25-29)36-16-4-8-21-42(36)48(44)43-22-10-17-32(38(43)28-46)30-11-9-12-31(26-30)33-13-1-5-18-39(33)47-40-19-6-2-14-34(40)35-15-3-7-20-41(35)47/h1-26H. The van der Waals surface area contributed by atoms with E-state index in [1.54, 1.807) is 0 Å². The molecule has 2 heterocycles. The van der Waals surface area contributed by atoms with Gasteiger partial charge >= 0.3 is 0 Å². The van der Waals surface area contributed by atoms with Gasteiger partial charge in [-0.3, -0.25) is 0 Å². The molecule has 0 unspecified atom stereocenters. The Kier molecular flexibility index (Phi) is 6.22. The van der Waals surface area contributed by atoms with Crippen molar-refractivity contribution in [2.75, 3.05) is 0 Å². The Balaban J connectivity index is 1.24. The first-order chi connectivity index (χ1) is 23.7. The third kappa shape index (κ3) is 4.07. The molecule has 9 aromatic rings. The fourth-order valence-corrected chi connectivity index (χ4v) is 7.34. The minimum atomic E-state index is 0.595. The Morgan fingerprint density at radius 1 is 0.375 bits per heavy atom. The Labute approximate surface area is 277 Å².